The molecule has 4 heterocycles. The average Bonchev–Trinajstić information content (AvgIpc) is 3.16. The predicted octanol–water partition coefficient (Wildman–Crippen LogP) is 5.15. The normalized spacial score (nSPS) is 12.5. The Hall–Kier alpha value is -3.32. The summed E-state index contributed by atoms with van der Waals surface area (Å²) in [6, 6.07) is 14.2. The van der Waals surface area contributed by atoms with Crippen molar-refractivity contribution in [3.8, 4) is 0 Å². The molecule has 1 atom stereocenters. The zero-order valence-corrected chi connectivity index (χ0v) is 19.2. The van der Waals surface area contributed by atoms with Crippen LogP contribution in [-0.2, 0) is 13.0 Å². The summed E-state index contributed by atoms with van der Waals surface area (Å²) in [4.78, 5) is 16.6. The molecule has 0 spiro atoms. The Labute approximate surface area is 196 Å². The smallest absolute Gasteiger partial charge is 0.139 e. The number of hydrogen-bond donors (Lipinski definition) is 3. The van der Waals surface area contributed by atoms with Crippen LogP contribution < -0.4 is 5.32 Å². The number of benzene rings is 1. The van der Waals surface area contributed by atoms with Gasteiger partial charge in [0.2, 0.25) is 0 Å². The molecule has 7 heteroatoms. The van der Waals surface area contributed by atoms with E-state index in [0.29, 0.717) is 18.0 Å². The monoisotopic (exact) mass is 457 g/mol. The van der Waals surface area contributed by atoms with Crippen molar-refractivity contribution in [1.82, 2.24) is 25.3 Å². The van der Waals surface area contributed by atoms with Crippen molar-refractivity contribution in [2.45, 2.75) is 33.0 Å². The summed E-state index contributed by atoms with van der Waals surface area (Å²) in [7, 11) is 0. The molecule has 4 aromatic heterocycles. The standard InChI is InChI=1S/C26H24ClN5O/c1-15-7-19-8-17(3-4-24(19)29-12-15)9-21-10-18(5-6-28-21)26(33)31-13-20-11-22-23(27)14-30-25(22)32-16(20)2/h3-8,10-12,14,26,31,33H,9,13H2,1-2H3,(H,30,32). The van der Waals surface area contributed by atoms with Crippen LogP contribution >= 0.6 is 11.6 Å². The first-order valence-corrected chi connectivity index (χ1v) is 11.2. The molecular weight excluding hydrogens is 434 g/mol. The zero-order chi connectivity index (χ0) is 22.9. The fourth-order valence-electron chi connectivity index (χ4n) is 4.03. The second-order valence-corrected chi connectivity index (χ2v) is 8.75. The summed E-state index contributed by atoms with van der Waals surface area (Å²) in [6.07, 6.45) is 5.20. The first-order valence-electron chi connectivity index (χ1n) is 10.8. The van der Waals surface area contributed by atoms with Crippen LogP contribution in [0.25, 0.3) is 21.9 Å². The molecule has 3 N–H and O–H groups in total. The maximum atomic E-state index is 10.8. The van der Waals surface area contributed by atoms with Gasteiger partial charge in [-0.25, -0.2) is 4.98 Å². The van der Waals surface area contributed by atoms with Gasteiger partial charge in [0.25, 0.3) is 0 Å². The number of aryl methyl sites for hydroxylation is 2. The van der Waals surface area contributed by atoms with Crippen molar-refractivity contribution < 1.29 is 5.11 Å². The number of nitrogens with one attached hydrogen (secondary N) is 2. The number of rotatable bonds is 6. The molecule has 0 amide bonds. The van der Waals surface area contributed by atoms with Gasteiger partial charge in [-0.2, -0.15) is 0 Å². The van der Waals surface area contributed by atoms with E-state index < -0.39 is 6.23 Å². The zero-order valence-electron chi connectivity index (χ0n) is 18.4. The summed E-state index contributed by atoms with van der Waals surface area (Å²) < 4.78 is 0. The lowest BCUT2D eigenvalue weighted by atomic mass is 10.0. The van der Waals surface area contributed by atoms with E-state index in [1.54, 1.807) is 12.4 Å². The first kappa shape index (κ1) is 21.5. The van der Waals surface area contributed by atoms with Gasteiger partial charge < -0.3 is 10.1 Å². The van der Waals surface area contributed by atoms with Gasteiger partial charge in [-0.1, -0.05) is 17.7 Å². The van der Waals surface area contributed by atoms with Gasteiger partial charge in [0.05, 0.1) is 10.5 Å². The molecule has 0 bridgehead atoms. The molecule has 0 fully saturated rings. The SMILES string of the molecule is Cc1cnc2ccc(Cc3cc(C(O)NCc4cc5c(Cl)c[nH]c5nc4C)ccn3)cc2c1. The Morgan fingerprint density at radius 2 is 1.97 bits per heavy atom. The molecule has 6 nitrogen and oxygen atoms in total. The van der Waals surface area contributed by atoms with Crippen molar-refractivity contribution in [3.63, 3.8) is 0 Å². The quantitative estimate of drug-likeness (QED) is 0.307. The number of fused-ring (bicyclic) bond motifs is 2. The fraction of sp³-hybridized carbons (Fsp3) is 0.192. The lowest BCUT2D eigenvalue weighted by molar-refractivity contribution is 0.137. The molecule has 0 saturated heterocycles. The van der Waals surface area contributed by atoms with Crippen LogP contribution in [0.1, 0.15) is 39.9 Å². The van der Waals surface area contributed by atoms with Crippen LogP contribution in [0, 0.1) is 13.8 Å². The van der Waals surface area contributed by atoms with Crippen LogP contribution in [0.5, 0.6) is 0 Å². The Kier molecular flexibility index (Phi) is 5.81. The van der Waals surface area contributed by atoms with Crippen LogP contribution in [0.4, 0.5) is 0 Å². The van der Waals surface area contributed by atoms with Crippen molar-refractivity contribution in [3.05, 3.63) is 99.7 Å². The molecule has 0 radical (unpaired) electrons. The van der Waals surface area contributed by atoms with E-state index in [0.717, 1.165) is 55.6 Å². The third kappa shape index (κ3) is 4.59. The second kappa shape index (κ2) is 8.90. The average molecular weight is 458 g/mol. The number of aromatic nitrogens is 4. The second-order valence-electron chi connectivity index (χ2n) is 8.35. The molecule has 1 aromatic carbocycles. The lowest BCUT2D eigenvalue weighted by Crippen LogP contribution is -2.21. The van der Waals surface area contributed by atoms with E-state index in [-0.39, 0.29) is 0 Å². The van der Waals surface area contributed by atoms with E-state index in [9.17, 15) is 5.11 Å². The maximum Gasteiger partial charge on any atom is 0.139 e. The summed E-state index contributed by atoms with van der Waals surface area (Å²) in [6.45, 7) is 4.45. The highest BCUT2D eigenvalue weighted by atomic mass is 35.5. The molecule has 166 valence electrons. The third-order valence-corrected chi connectivity index (χ3v) is 6.13. The molecule has 0 aliphatic heterocycles. The minimum atomic E-state index is -0.827. The topological polar surface area (TPSA) is 86.7 Å². The van der Waals surface area contributed by atoms with Crippen molar-refractivity contribution in [2.24, 2.45) is 0 Å². The number of hydrogen-bond acceptors (Lipinski definition) is 5. The van der Waals surface area contributed by atoms with Crippen molar-refractivity contribution >= 4 is 33.5 Å². The Bertz CT molecular complexity index is 1460. The highest BCUT2D eigenvalue weighted by Gasteiger charge is 2.12. The van der Waals surface area contributed by atoms with Gasteiger partial charge >= 0.3 is 0 Å². The number of aromatic amines is 1. The van der Waals surface area contributed by atoms with Crippen LogP contribution in [0.15, 0.2) is 61.1 Å². The Morgan fingerprint density at radius 3 is 2.85 bits per heavy atom. The van der Waals surface area contributed by atoms with E-state index in [2.05, 4.69) is 43.5 Å². The Balaban J connectivity index is 1.30. The van der Waals surface area contributed by atoms with Crippen LogP contribution in [0.3, 0.4) is 0 Å². The first-order chi connectivity index (χ1) is 16.0. The molecule has 0 saturated carbocycles. The minimum Gasteiger partial charge on any atom is -0.374 e. The lowest BCUT2D eigenvalue weighted by Gasteiger charge is -2.15. The number of pyridine rings is 3. The summed E-state index contributed by atoms with van der Waals surface area (Å²) in [5.41, 5.74) is 7.57. The summed E-state index contributed by atoms with van der Waals surface area (Å²) in [5.74, 6) is 0. The molecule has 5 rings (SSSR count). The van der Waals surface area contributed by atoms with Gasteiger partial charge in [-0.05, 0) is 72.5 Å². The number of halogens is 1. The molecule has 0 aliphatic rings. The van der Waals surface area contributed by atoms with Gasteiger partial charge in [0.1, 0.15) is 11.9 Å². The minimum absolute atomic E-state index is 0.464. The number of aliphatic hydroxyl groups is 1. The highest BCUT2D eigenvalue weighted by Crippen LogP contribution is 2.24. The summed E-state index contributed by atoms with van der Waals surface area (Å²) in [5, 5.41) is 16.6. The van der Waals surface area contributed by atoms with Crippen LogP contribution in [0.2, 0.25) is 5.02 Å². The van der Waals surface area contributed by atoms with Gasteiger partial charge in [0, 0.05) is 53.7 Å². The van der Waals surface area contributed by atoms with E-state index in [4.69, 9.17) is 11.6 Å². The third-order valence-electron chi connectivity index (χ3n) is 5.82. The Morgan fingerprint density at radius 1 is 1.09 bits per heavy atom. The van der Waals surface area contributed by atoms with Gasteiger partial charge in [-0.15, -0.1) is 0 Å². The number of aliphatic hydroxyl groups excluding tert-OH is 1. The molecule has 5 aromatic rings. The number of nitrogens with zero attached hydrogens (tertiary/aromatic N) is 3. The predicted molar refractivity (Wildman–Crippen MR) is 131 cm³/mol. The fourth-order valence-corrected chi connectivity index (χ4v) is 4.22. The van der Waals surface area contributed by atoms with E-state index >= 15 is 0 Å². The van der Waals surface area contributed by atoms with Crippen molar-refractivity contribution in [1.29, 1.82) is 0 Å². The molecule has 1 unspecified atom stereocenters. The van der Waals surface area contributed by atoms with E-state index in [1.165, 1.54) is 0 Å². The van der Waals surface area contributed by atoms with Gasteiger partial charge in [0.15, 0.2) is 0 Å². The largest absolute Gasteiger partial charge is 0.374 e. The van der Waals surface area contributed by atoms with Crippen LogP contribution in [-0.4, -0.2) is 25.0 Å². The van der Waals surface area contributed by atoms with E-state index in [1.807, 2.05) is 44.3 Å². The highest BCUT2D eigenvalue weighted by molar-refractivity contribution is 6.35. The molecule has 0 aliphatic carbocycles. The molecule has 33 heavy (non-hydrogen) atoms. The molecular formula is C26H24ClN5O. The summed E-state index contributed by atoms with van der Waals surface area (Å²) >= 11 is 6.23. The number of H-pyrrole nitrogens is 1. The van der Waals surface area contributed by atoms with Gasteiger partial charge in [-0.3, -0.25) is 15.3 Å². The maximum absolute atomic E-state index is 10.8. The van der Waals surface area contributed by atoms with Crippen molar-refractivity contribution in [2.75, 3.05) is 0 Å².